The summed E-state index contributed by atoms with van der Waals surface area (Å²) >= 11 is 0. The Balaban J connectivity index is 1.67. The van der Waals surface area contributed by atoms with Gasteiger partial charge in [0.1, 0.15) is 11.9 Å². The zero-order chi connectivity index (χ0) is 18.4. The van der Waals surface area contributed by atoms with Crippen LogP contribution in [0.15, 0.2) is 24.3 Å². The van der Waals surface area contributed by atoms with E-state index in [1.54, 1.807) is 7.11 Å². The fourth-order valence-electron chi connectivity index (χ4n) is 3.35. The first-order valence-electron chi connectivity index (χ1n) is 9.57. The summed E-state index contributed by atoms with van der Waals surface area (Å²) in [6, 6.07) is 8.39. The number of amides is 1. The topological polar surface area (TPSA) is 60.0 Å². The number of hydrogen-bond donors (Lipinski definition) is 1. The fourth-order valence-corrected chi connectivity index (χ4v) is 3.35. The molecular weight excluding hydrogens is 332 g/mol. The molecule has 1 aromatic rings. The van der Waals surface area contributed by atoms with Crippen molar-refractivity contribution < 1.29 is 19.0 Å². The lowest BCUT2D eigenvalue weighted by Crippen LogP contribution is -2.50. The predicted molar refractivity (Wildman–Crippen MR) is 99.3 cm³/mol. The summed E-state index contributed by atoms with van der Waals surface area (Å²) in [6.45, 7) is 5.40. The molecule has 0 aromatic heterocycles. The van der Waals surface area contributed by atoms with E-state index in [1.165, 1.54) is 0 Å². The highest BCUT2D eigenvalue weighted by Gasteiger charge is 2.39. The van der Waals surface area contributed by atoms with Gasteiger partial charge in [-0.05, 0) is 37.5 Å². The van der Waals surface area contributed by atoms with Gasteiger partial charge in [0.2, 0.25) is 0 Å². The summed E-state index contributed by atoms with van der Waals surface area (Å²) in [4.78, 5) is 15.1. The number of hydrogen-bond acceptors (Lipinski definition) is 5. The first-order chi connectivity index (χ1) is 12.7. The van der Waals surface area contributed by atoms with Gasteiger partial charge in [-0.15, -0.1) is 0 Å². The van der Waals surface area contributed by atoms with Crippen molar-refractivity contribution in [2.45, 2.75) is 44.4 Å². The van der Waals surface area contributed by atoms with Crippen molar-refractivity contribution in [2.75, 3.05) is 40.0 Å². The molecule has 1 aliphatic heterocycles. The summed E-state index contributed by atoms with van der Waals surface area (Å²) in [5, 5.41) is 3.25. The van der Waals surface area contributed by atoms with Gasteiger partial charge in [0.05, 0.1) is 19.3 Å². The van der Waals surface area contributed by atoms with Gasteiger partial charge in [-0.25, -0.2) is 0 Å². The van der Waals surface area contributed by atoms with Crippen LogP contribution in [0.1, 0.15) is 37.8 Å². The van der Waals surface area contributed by atoms with Crippen molar-refractivity contribution in [1.29, 1.82) is 0 Å². The van der Waals surface area contributed by atoms with E-state index >= 15 is 0 Å². The highest BCUT2D eigenvalue weighted by Crippen LogP contribution is 2.36. The second kappa shape index (κ2) is 9.35. The molecule has 3 rings (SSSR count). The maximum atomic E-state index is 13.0. The number of nitrogens with one attached hydrogen (secondary N) is 1. The number of ether oxygens (including phenoxy) is 3. The molecule has 0 radical (unpaired) electrons. The van der Waals surface area contributed by atoms with E-state index in [1.807, 2.05) is 23.1 Å². The minimum Gasteiger partial charge on any atom is -0.493 e. The van der Waals surface area contributed by atoms with Crippen LogP contribution in [0, 0.1) is 0 Å². The molecule has 1 N–H and O–H groups in total. The van der Waals surface area contributed by atoms with Crippen LogP contribution in [-0.4, -0.2) is 63.0 Å². The van der Waals surface area contributed by atoms with E-state index in [0.29, 0.717) is 32.4 Å². The highest BCUT2D eigenvalue weighted by atomic mass is 16.5. The summed E-state index contributed by atoms with van der Waals surface area (Å²) < 4.78 is 16.6. The van der Waals surface area contributed by atoms with Crippen LogP contribution < -0.4 is 10.1 Å². The summed E-state index contributed by atoms with van der Waals surface area (Å²) in [5.74, 6) is 0.933. The highest BCUT2D eigenvalue weighted by molar-refractivity contribution is 5.82. The molecule has 0 spiro atoms. The lowest BCUT2D eigenvalue weighted by molar-refractivity contribution is -0.148. The first-order valence-corrected chi connectivity index (χ1v) is 9.57. The third-order valence-corrected chi connectivity index (χ3v) is 4.92. The molecule has 1 amide bonds. The average molecular weight is 362 g/mol. The van der Waals surface area contributed by atoms with Crippen LogP contribution in [0.2, 0.25) is 0 Å². The van der Waals surface area contributed by atoms with Gasteiger partial charge in [0.25, 0.3) is 5.91 Å². The van der Waals surface area contributed by atoms with Crippen LogP contribution in [0.3, 0.4) is 0 Å². The number of carbonyl (C=O) groups is 1. The van der Waals surface area contributed by atoms with Gasteiger partial charge < -0.3 is 24.4 Å². The molecule has 1 heterocycles. The third-order valence-electron chi connectivity index (χ3n) is 4.92. The average Bonchev–Trinajstić information content (AvgIpc) is 3.51. The predicted octanol–water partition coefficient (Wildman–Crippen LogP) is 2.14. The minimum absolute atomic E-state index is 0.00283. The van der Waals surface area contributed by atoms with Crippen LogP contribution in [0.25, 0.3) is 0 Å². The molecule has 2 aliphatic rings. The van der Waals surface area contributed by atoms with E-state index < -0.39 is 0 Å². The Kier molecular flexibility index (Phi) is 6.88. The molecule has 1 aliphatic carbocycles. The second-order valence-electron chi connectivity index (χ2n) is 6.98. The van der Waals surface area contributed by atoms with Gasteiger partial charge in [0.15, 0.2) is 0 Å². The molecule has 1 saturated carbocycles. The van der Waals surface area contributed by atoms with Crippen LogP contribution in [-0.2, 0) is 14.3 Å². The Labute approximate surface area is 155 Å². The van der Waals surface area contributed by atoms with E-state index in [2.05, 4.69) is 18.3 Å². The van der Waals surface area contributed by atoms with Gasteiger partial charge in [-0.1, -0.05) is 12.1 Å². The van der Waals surface area contributed by atoms with Gasteiger partial charge in [-0.2, -0.15) is 0 Å². The molecule has 0 bridgehead atoms. The molecule has 2 atom stereocenters. The summed E-state index contributed by atoms with van der Waals surface area (Å²) in [5.41, 5.74) is 1.10. The van der Waals surface area contributed by atoms with Crippen LogP contribution in [0.4, 0.5) is 0 Å². The van der Waals surface area contributed by atoms with Gasteiger partial charge in [0, 0.05) is 39.3 Å². The monoisotopic (exact) mass is 362 g/mol. The zero-order valence-corrected chi connectivity index (χ0v) is 15.8. The Morgan fingerprint density at radius 1 is 1.38 bits per heavy atom. The van der Waals surface area contributed by atoms with E-state index in [4.69, 9.17) is 14.2 Å². The lowest BCUT2D eigenvalue weighted by atomic mass is 10.1. The Bertz CT molecular complexity index is 585. The molecule has 6 nitrogen and oxygen atoms in total. The maximum Gasteiger partial charge on any atom is 0.253 e. The quantitative estimate of drug-likeness (QED) is 0.682. The molecular formula is C20H30N2O4. The molecule has 144 valence electrons. The van der Waals surface area contributed by atoms with Crippen molar-refractivity contribution in [2.24, 2.45) is 0 Å². The summed E-state index contributed by atoms with van der Waals surface area (Å²) in [7, 11) is 1.69. The van der Waals surface area contributed by atoms with Crippen LogP contribution >= 0.6 is 0 Å². The van der Waals surface area contributed by atoms with Crippen molar-refractivity contribution >= 4 is 5.91 Å². The number of rotatable bonds is 9. The third kappa shape index (κ3) is 4.96. The smallest absolute Gasteiger partial charge is 0.253 e. The number of morpholine rings is 1. The molecule has 6 heteroatoms. The van der Waals surface area contributed by atoms with Crippen molar-refractivity contribution in [3.63, 3.8) is 0 Å². The number of benzene rings is 1. The molecule has 1 aromatic carbocycles. The molecule has 26 heavy (non-hydrogen) atoms. The normalized spacial score (nSPS) is 21.2. The van der Waals surface area contributed by atoms with Gasteiger partial charge in [-0.3, -0.25) is 4.79 Å². The SMILES string of the molecule is COCCCOc1cccc(C(C)N(C(=O)[C@H]2CNCCO2)C2CC2)c1. The summed E-state index contributed by atoms with van der Waals surface area (Å²) in [6.07, 6.45) is 2.63. The zero-order valence-electron chi connectivity index (χ0n) is 15.8. The largest absolute Gasteiger partial charge is 0.493 e. The number of methoxy groups -OCH3 is 1. The van der Waals surface area contributed by atoms with Gasteiger partial charge >= 0.3 is 0 Å². The van der Waals surface area contributed by atoms with Crippen molar-refractivity contribution in [3.05, 3.63) is 29.8 Å². The molecule has 2 fully saturated rings. The Morgan fingerprint density at radius 2 is 2.23 bits per heavy atom. The lowest BCUT2D eigenvalue weighted by Gasteiger charge is -2.34. The number of nitrogens with zero attached hydrogens (tertiary/aromatic N) is 1. The van der Waals surface area contributed by atoms with E-state index in [0.717, 1.165) is 37.1 Å². The van der Waals surface area contributed by atoms with E-state index in [9.17, 15) is 4.79 Å². The Hall–Kier alpha value is -1.63. The first kappa shape index (κ1) is 19.1. The molecule has 1 unspecified atom stereocenters. The van der Waals surface area contributed by atoms with Crippen molar-refractivity contribution in [1.82, 2.24) is 10.2 Å². The number of carbonyl (C=O) groups excluding carboxylic acids is 1. The molecule has 1 saturated heterocycles. The standard InChI is InChI=1S/C20H30N2O4/c1-15(16-5-3-6-18(13-16)25-11-4-10-24-2)22(17-7-8-17)20(23)19-14-21-9-12-26-19/h3,5-6,13,15,17,19,21H,4,7-12,14H2,1-2H3/t15?,19-/m1/s1. The van der Waals surface area contributed by atoms with E-state index in [-0.39, 0.29) is 18.1 Å². The minimum atomic E-state index is -0.375. The van der Waals surface area contributed by atoms with Crippen LogP contribution in [0.5, 0.6) is 5.75 Å². The Morgan fingerprint density at radius 3 is 2.92 bits per heavy atom. The van der Waals surface area contributed by atoms with Crippen molar-refractivity contribution in [3.8, 4) is 5.75 Å². The second-order valence-corrected chi connectivity index (χ2v) is 6.98. The fraction of sp³-hybridized carbons (Fsp3) is 0.650. The maximum absolute atomic E-state index is 13.0.